The van der Waals surface area contributed by atoms with E-state index < -0.39 is 0 Å². The molecule has 0 N–H and O–H groups in total. The number of alkyl halides is 1. The van der Waals surface area contributed by atoms with Crippen molar-refractivity contribution in [2.45, 2.75) is 11.8 Å². The Morgan fingerprint density at radius 3 is 2.29 bits per heavy atom. The minimum Gasteiger partial charge on any atom is -0.495 e. The summed E-state index contributed by atoms with van der Waals surface area (Å²) in [5.74, 6) is 1.46. The summed E-state index contributed by atoms with van der Waals surface area (Å²) in [5.41, 5.74) is 3.11. The van der Waals surface area contributed by atoms with Gasteiger partial charge in [-0.1, -0.05) is 45.7 Å². The number of hydrogen-bond donors (Lipinski definition) is 0. The van der Waals surface area contributed by atoms with Gasteiger partial charge >= 0.3 is 0 Å². The molecular formula is C16H15Br2ClO2. The van der Waals surface area contributed by atoms with Crippen molar-refractivity contribution in [2.75, 3.05) is 14.2 Å². The molecule has 2 aromatic rings. The molecule has 1 atom stereocenters. The number of halogens is 3. The van der Waals surface area contributed by atoms with Gasteiger partial charge in [-0.25, -0.2) is 0 Å². The summed E-state index contributed by atoms with van der Waals surface area (Å²) in [6.07, 6.45) is 0. The highest BCUT2D eigenvalue weighted by molar-refractivity contribution is 9.10. The van der Waals surface area contributed by atoms with Crippen molar-refractivity contribution < 1.29 is 9.47 Å². The highest BCUT2D eigenvalue weighted by atomic mass is 79.9. The van der Waals surface area contributed by atoms with Crippen LogP contribution in [-0.2, 0) is 0 Å². The number of ether oxygens (including phenoxy) is 2. The van der Waals surface area contributed by atoms with Crippen molar-refractivity contribution in [3.63, 3.8) is 0 Å². The van der Waals surface area contributed by atoms with E-state index in [1.165, 1.54) is 0 Å². The molecule has 0 saturated heterocycles. The van der Waals surface area contributed by atoms with Crippen LogP contribution in [0.3, 0.4) is 0 Å². The average molecular weight is 435 g/mol. The van der Waals surface area contributed by atoms with E-state index in [4.69, 9.17) is 21.1 Å². The Kier molecular flexibility index (Phi) is 5.58. The minimum atomic E-state index is -0.0669. The van der Waals surface area contributed by atoms with Crippen LogP contribution in [0, 0.1) is 6.92 Å². The Morgan fingerprint density at radius 2 is 1.71 bits per heavy atom. The van der Waals surface area contributed by atoms with E-state index in [0.29, 0.717) is 0 Å². The first kappa shape index (κ1) is 16.7. The summed E-state index contributed by atoms with van der Waals surface area (Å²) in [7, 11) is 3.27. The lowest BCUT2D eigenvalue weighted by molar-refractivity contribution is 0.386. The van der Waals surface area contributed by atoms with Crippen molar-refractivity contribution in [1.29, 1.82) is 0 Å². The van der Waals surface area contributed by atoms with E-state index in [2.05, 4.69) is 31.9 Å². The van der Waals surface area contributed by atoms with E-state index in [0.717, 1.165) is 37.7 Å². The molecule has 2 rings (SSSR count). The zero-order chi connectivity index (χ0) is 15.6. The van der Waals surface area contributed by atoms with Crippen molar-refractivity contribution >= 4 is 43.5 Å². The molecule has 0 saturated carbocycles. The summed E-state index contributed by atoms with van der Waals surface area (Å²) in [6, 6.07) is 9.89. The van der Waals surface area contributed by atoms with Crippen LogP contribution in [0.2, 0.25) is 5.02 Å². The summed E-state index contributed by atoms with van der Waals surface area (Å²) in [5, 5.41) is 0.728. The van der Waals surface area contributed by atoms with Crippen LogP contribution in [-0.4, -0.2) is 14.2 Å². The Morgan fingerprint density at radius 1 is 1.05 bits per heavy atom. The topological polar surface area (TPSA) is 18.5 Å². The van der Waals surface area contributed by atoms with Gasteiger partial charge in [0.2, 0.25) is 0 Å². The summed E-state index contributed by atoms with van der Waals surface area (Å²) in [4.78, 5) is -0.0669. The zero-order valence-electron chi connectivity index (χ0n) is 11.9. The first-order valence-corrected chi connectivity index (χ1v) is 8.38. The molecule has 0 spiro atoms. The predicted octanol–water partition coefficient (Wildman–Crippen LogP) is 5.91. The fraction of sp³-hybridized carbons (Fsp3) is 0.250. The van der Waals surface area contributed by atoms with Gasteiger partial charge in [-0.2, -0.15) is 0 Å². The summed E-state index contributed by atoms with van der Waals surface area (Å²) >= 11 is 13.6. The molecule has 0 amide bonds. The van der Waals surface area contributed by atoms with E-state index >= 15 is 0 Å². The molecule has 0 heterocycles. The number of aryl methyl sites for hydroxylation is 1. The molecule has 0 radical (unpaired) electrons. The maximum Gasteiger partial charge on any atom is 0.141 e. The van der Waals surface area contributed by atoms with Gasteiger partial charge in [0.05, 0.1) is 19.0 Å². The smallest absolute Gasteiger partial charge is 0.141 e. The van der Waals surface area contributed by atoms with Gasteiger partial charge in [-0.05, 0) is 46.1 Å². The fourth-order valence-electron chi connectivity index (χ4n) is 2.12. The second-order valence-corrected chi connectivity index (χ2v) is 6.71. The SMILES string of the molecule is COc1ccc(C(Br)c2ccc(C)cc2Cl)c(OC)c1Br. The molecule has 1 unspecified atom stereocenters. The average Bonchev–Trinajstić information content (AvgIpc) is 2.46. The molecule has 21 heavy (non-hydrogen) atoms. The molecule has 0 fully saturated rings. The first-order valence-electron chi connectivity index (χ1n) is 6.30. The van der Waals surface area contributed by atoms with Gasteiger partial charge in [0.15, 0.2) is 0 Å². The van der Waals surface area contributed by atoms with Crippen LogP contribution in [0.15, 0.2) is 34.8 Å². The molecule has 0 aliphatic carbocycles. The van der Waals surface area contributed by atoms with Gasteiger partial charge in [0.25, 0.3) is 0 Å². The lowest BCUT2D eigenvalue weighted by Gasteiger charge is -2.18. The molecule has 112 valence electrons. The summed E-state index contributed by atoms with van der Waals surface area (Å²) in [6.45, 7) is 2.02. The number of hydrogen-bond acceptors (Lipinski definition) is 2. The van der Waals surface area contributed by atoms with Crippen LogP contribution in [0.4, 0.5) is 0 Å². The van der Waals surface area contributed by atoms with E-state index in [9.17, 15) is 0 Å². The van der Waals surface area contributed by atoms with Crippen molar-refractivity contribution in [3.05, 3.63) is 56.5 Å². The number of benzene rings is 2. The van der Waals surface area contributed by atoms with E-state index in [1.807, 2.05) is 37.3 Å². The fourth-order valence-corrected chi connectivity index (χ4v) is 4.04. The van der Waals surface area contributed by atoms with Gasteiger partial charge in [-0.15, -0.1) is 0 Å². The maximum atomic E-state index is 6.36. The van der Waals surface area contributed by atoms with Crippen LogP contribution in [0.5, 0.6) is 11.5 Å². The monoisotopic (exact) mass is 432 g/mol. The molecule has 0 aliphatic heterocycles. The highest BCUT2D eigenvalue weighted by Crippen LogP contribution is 2.45. The second kappa shape index (κ2) is 7.03. The van der Waals surface area contributed by atoms with Crippen LogP contribution in [0.25, 0.3) is 0 Å². The van der Waals surface area contributed by atoms with Crippen LogP contribution >= 0.6 is 43.5 Å². The summed E-state index contributed by atoms with van der Waals surface area (Å²) < 4.78 is 11.6. The van der Waals surface area contributed by atoms with Crippen molar-refractivity contribution in [1.82, 2.24) is 0 Å². The van der Waals surface area contributed by atoms with Gasteiger partial charge in [0.1, 0.15) is 16.0 Å². The Bertz CT molecular complexity index is 659. The number of methoxy groups -OCH3 is 2. The molecule has 2 aromatic carbocycles. The molecule has 2 nitrogen and oxygen atoms in total. The largest absolute Gasteiger partial charge is 0.495 e. The molecule has 5 heteroatoms. The normalized spacial score (nSPS) is 12.1. The first-order chi connectivity index (χ1) is 9.99. The van der Waals surface area contributed by atoms with Gasteiger partial charge in [-0.3, -0.25) is 0 Å². The number of rotatable bonds is 4. The lowest BCUT2D eigenvalue weighted by atomic mass is 10.0. The third-order valence-corrected chi connectivity index (χ3v) is 5.28. The van der Waals surface area contributed by atoms with Gasteiger partial charge in [0, 0.05) is 10.6 Å². The Hall–Kier alpha value is -0.710. The standard InChI is InChI=1S/C16H15Br2ClO2/c1-9-4-5-10(12(19)8-9)14(17)11-6-7-13(20-2)15(18)16(11)21-3/h4-8,14H,1-3H3. The van der Waals surface area contributed by atoms with Crippen molar-refractivity contribution in [3.8, 4) is 11.5 Å². The quantitative estimate of drug-likeness (QED) is 0.557. The molecule has 0 bridgehead atoms. The molecule has 0 aliphatic rings. The highest BCUT2D eigenvalue weighted by Gasteiger charge is 2.21. The molecular weight excluding hydrogens is 419 g/mol. The third-order valence-electron chi connectivity index (χ3n) is 3.22. The van der Waals surface area contributed by atoms with Gasteiger partial charge < -0.3 is 9.47 Å². The third kappa shape index (κ3) is 3.38. The van der Waals surface area contributed by atoms with E-state index in [1.54, 1.807) is 14.2 Å². The van der Waals surface area contributed by atoms with Crippen LogP contribution in [0.1, 0.15) is 21.5 Å². The molecule has 0 aromatic heterocycles. The minimum absolute atomic E-state index is 0.0669. The zero-order valence-corrected chi connectivity index (χ0v) is 15.8. The second-order valence-electron chi connectivity index (χ2n) is 4.59. The maximum absolute atomic E-state index is 6.36. The lowest BCUT2D eigenvalue weighted by Crippen LogP contribution is -2.00. The predicted molar refractivity (Wildman–Crippen MR) is 94.2 cm³/mol. The van der Waals surface area contributed by atoms with E-state index in [-0.39, 0.29) is 4.83 Å². The Labute approximate surface area is 146 Å². The van der Waals surface area contributed by atoms with Crippen molar-refractivity contribution in [2.24, 2.45) is 0 Å². The Balaban J connectivity index is 2.52. The van der Waals surface area contributed by atoms with Crippen LogP contribution < -0.4 is 9.47 Å².